The molecule has 0 aliphatic carbocycles. The molecule has 0 amide bonds. The fourth-order valence-electron chi connectivity index (χ4n) is 1.68. The molecule has 0 aromatic heterocycles. The van der Waals surface area contributed by atoms with E-state index in [0.29, 0.717) is 18.9 Å². The van der Waals surface area contributed by atoms with E-state index in [4.69, 9.17) is 4.74 Å². The van der Waals surface area contributed by atoms with Gasteiger partial charge in [0.1, 0.15) is 0 Å². The first-order valence-corrected chi connectivity index (χ1v) is 6.90. The minimum absolute atomic E-state index is 0.0107. The molecule has 0 rings (SSSR count). The second-order valence-electron chi connectivity index (χ2n) is 4.53. The van der Waals surface area contributed by atoms with E-state index in [1.807, 2.05) is 0 Å². The van der Waals surface area contributed by atoms with Gasteiger partial charge in [0, 0.05) is 6.42 Å². The van der Waals surface area contributed by atoms with Gasteiger partial charge in [-0.05, 0) is 12.3 Å². The Hall–Kier alpha value is -0.530. The molecule has 0 heterocycles. The second-order valence-corrected chi connectivity index (χ2v) is 4.53. The largest absolute Gasteiger partial charge is 0.465 e. The molecule has 0 radical (unpaired) electrons. The van der Waals surface area contributed by atoms with Gasteiger partial charge < -0.3 is 4.74 Å². The maximum absolute atomic E-state index is 11.4. The first-order valence-electron chi connectivity index (χ1n) is 6.90. The highest BCUT2D eigenvalue weighted by molar-refractivity contribution is 5.69. The summed E-state index contributed by atoms with van der Waals surface area (Å²) in [5, 5.41) is 0. The summed E-state index contributed by atoms with van der Waals surface area (Å²) in [4.78, 5) is 11.4. The van der Waals surface area contributed by atoms with Crippen LogP contribution in [0.25, 0.3) is 0 Å². The Labute approximate surface area is 101 Å². The Kier molecular flexibility index (Phi) is 10.6. The molecule has 0 aromatic carbocycles. The molecule has 0 aromatic rings. The monoisotopic (exact) mass is 228 g/mol. The van der Waals surface area contributed by atoms with E-state index in [9.17, 15) is 4.79 Å². The number of carbonyl (C=O) groups excluding carboxylic acids is 1. The summed E-state index contributed by atoms with van der Waals surface area (Å²) < 4.78 is 5.25. The molecular weight excluding hydrogens is 200 g/mol. The predicted octanol–water partition coefficient (Wildman–Crippen LogP) is 4.33. The highest BCUT2D eigenvalue weighted by Gasteiger charge is 2.07. The van der Waals surface area contributed by atoms with Crippen molar-refractivity contribution in [2.45, 2.75) is 72.1 Å². The van der Waals surface area contributed by atoms with Crippen molar-refractivity contribution in [3.05, 3.63) is 0 Å². The maximum Gasteiger partial charge on any atom is 0.305 e. The lowest BCUT2D eigenvalue weighted by Gasteiger charge is -2.12. The SMILES string of the molecule is CCCCCCCC(=O)OCC(CC)CC. The van der Waals surface area contributed by atoms with E-state index in [0.717, 1.165) is 25.7 Å². The first kappa shape index (κ1) is 15.5. The number of unbranched alkanes of at least 4 members (excludes halogenated alkanes) is 4. The first-order chi connectivity index (χ1) is 7.74. The van der Waals surface area contributed by atoms with E-state index < -0.39 is 0 Å². The number of hydrogen-bond acceptors (Lipinski definition) is 2. The number of hydrogen-bond donors (Lipinski definition) is 0. The van der Waals surface area contributed by atoms with Crippen LogP contribution in [0.5, 0.6) is 0 Å². The average molecular weight is 228 g/mol. The van der Waals surface area contributed by atoms with Crippen LogP contribution in [-0.2, 0) is 9.53 Å². The molecule has 2 nitrogen and oxygen atoms in total. The zero-order valence-electron chi connectivity index (χ0n) is 11.3. The second kappa shape index (κ2) is 11.0. The van der Waals surface area contributed by atoms with Crippen molar-refractivity contribution in [2.24, 2.45) is 5.92 Å². The third-order valence-electron chi connectivity index (χ3n) is 3.12. The van der Waals surface area contributed by atoms with Crippen LogP contribution in [-0.4, -0.2) is 12.6 Å². The summed E-state index contributed by atoms with van der Waals surface area (Å²) in [7, 11) is 0. The minimum Gasteiger partial charge on any atom is -0.465 e. The van der Waals surface area contributed by atoms with Crippen molar-refractivity contribution < 1.29 is 9.53 Å². The standard InChI is InChI=1S/C14H28O2/c1-4-7-8-9-10-11-14(15)16-12-13(5-2)6-3/h13H,4-12H2,1-3H3. The molecule has 0 fully saturated rings. The summed E-state index contributed by atoms with van der Waals surface area (Å²) in [6, 6.07) is 0. The Morgan fingerprint density at radius 1 is 1.00 bits per heavy atom. The summed E-state index contributed by atoms with van der Waals surface area (Å²) in [6.07, 6.45) is 8.72. The smallest absolute Gasteiger partial charge is 0.305 e. The molecule has 0 saturated heterocycles. The fourth-order valence-corrected chi connectivity index (χ4v) is 1.68. The third kappa shape index (κ3) is 8.75. The van der Waals surface area contributed by atoms with E-state index in [1.54, 1.807) is 0 Å². The highest BCUT2D eigenvalue weighted by atomic mass is 16.5. The summed E-state index contributed by atoms with van der Waals surface area (Å²) >= 11 is 0. The van der Waals surface area contributed by atoms with Gasteiger partial charge in [0.2, 0.25) is 0 Å². The van der Waals surface area contributed by atoms with Crippen molar-refractivity contribution in [3.63, 3.8) is 0 Å². The molecule has 16 heavy (non-hydrogen) atoms. The van der Waals surface area contributed by atoms with Crippen LogP contribution in [0.3, 0.4) is 0 Å². The van der Waals surface area contributed by atoms with Crippen LogP contribution in [0.2, 0.25) is 0 Å². The number of carbonyl (C=O) groups is 1. The van der Waals surface area contributed by atoms with Crippen LogP contribution in [0.1, 0.15) is 72.1 Å². The molecule has 0 aliphatic rings. The number of esters is 1. The number of rotatable bonds is 10. The Balaban J connectivity index is 3.37. The van der Waals surface area contributed by atoms with E-state index >= 15 is 0 Å². The Morgan fingerprint density at radius 2 is 1.62 bits per heavy atom. The molecule has 0 atom stereocenters. The molecule has 0 spiro atoms. The van der Waals surface area contributed by atoms with Gasteiger partial charge in [-0.3, -0.25) is 4.79 Å². The third-order valence-corrected chi connectivity index (χ3v) is 3.12. The Morgan fingerprint density at radius 3 is 2.19 bits per heavy atom. The van der Waals surface area contributed by atoms with Crippen LogP contribution < -0.4 is 0 Å². The number of ether oxygens (including phenoxy) is 1. The normalized spacial score (nSPS) is 10.8. The molecule has 0 bridgehead atoms. The van der Waals surface area contributed by atoms with Gasteiger partial charge >= 0.3 is 5.97 Å². The van der Waals surface area contributed by atoms with Crippen molar-refractivity contribution in [1.82, 2.24) is 0 Å². The van der Waals surface area contributed by atoms with Gasteiger partial charge in [0.05, 0.1) is 6.61 Å². The zero-order chi connectivity index (χ0) is 12.2. The summed E-state index contributed by atoms with van der Waals surface area (Å²) in [6.45, 7) is 7.10. The minimum atomic E-state index is -0.0107. The van der Waals surface area contributed by atoms with Gasteiger partial charge in [-0.25, -0.2) is 0 Å². The molecule has 96 valence electrons. The summed E-state index contributed by atoms with van der Waals surface area (Å²) in [5.41, 5.74) is 0. The van der Waals surface area contributed by atoms with Gasteiger partial charge in [-0.2, -0.15) is 0 Å². The van der Waals surface area contributed by atoms with E-state index in [2.05, 4.69) is 20.8 Å². The zero-order valence-corrected chi connectivity index (χ0v) is 11.3. The van der Waals surface area contributed by atoms with Crippen LogP contribution in [0, 0.1) is 5.92 Å². The van der Waals surface area contributed by atoms with Gasteiger partial charge in [0.25, 0.3) is 0 Å². The average Bonchev–Trinajstić information content (AvgIpc) is 2.30. The molecule has 0 saturated carbocycles. The van der Waals surface area contributed by atoms with Crippen LogP contribution in [0.15, 0.2) is 0 Å². The van der Waals surface area contributed by atoms with Gasteiger partial charge in [-0.1, -0.05) is 59.3 Å². The highest BCUT2D eigenvalue weighted by Crippen LogP contribution is 2.10. The predicted molar refractivity (Wildman–Crippen MR) is 68.4 cm³/mol. The molecule has 0 aliphatic heterocycles. The topological polar surface area (TPSA) is 26.3 Å². The quantitative estimate of drug-likeness (QED) is 0.411. The van der Waals surface area contributed by atoms with E-state index in [-0.39, 0.29) is 5.97 Å². The van der Waals surface area contributed by atoms with Crippen molar-refractivity contribution in [2.75, 3.05) is 6.61 Å². The van der Waals surface area contributed by atoms with Crippen molar-refractivity contribution >= 4 is 5.97 Å². The van der Waals surface area contributed by atoms with Crippen LogP contribution in [0.4, 0.5) is 0 Å². The molecule has 2 heteroatoms. The lowest BCUT2D eigenvalue weighted by atomic mass is 10.1. The molecular formula is C14H28O2. The van der Waals surface area contributed by atoms with Crippen LogP contribution >= 0.6 is 0 Å². The van der Waals surface area contributed by atoms with E-state index in [1.165, 1.54) is 19.3 Å². The molecule has 0 unspecified atom stereocenters. The Bertz CT molecular complexity index is 162. The fraction of sp³-hybridized carbons (Fsp3) is 0.929. The van der Waals surface area contributed by atoms with Gasteiger partial charge in [-0.15, -0.1) is 0 Å². The lowest BCUT2D eigenvalue weighted by Crippen LogP contribution is -2.12. The van der Waals surface area contributed by atoms with Crippen molar-refractivity contribution in [3.8, 4) is 0 Å². The summed E-state index contributed by atoms with van der Waals surface area (Å²) in [5.74, 6) is 0.535. The van der Waals surface area contributed by atoms with Crippen molar-refractivity contribution in [1.29, 1.82) is 0 Å². The molecule has 0 N–H and O–H groups in total. The lowest BCUT2D eigenvalue weighted by molar-refractivity contribution is -0.145. The maximum atomic E-state index is 11.4. The van der Waals surface area contributed by atoms with Gasteiger partial charge in [0.15, 0.2) is 0 Å².